The summed E-state index contributed by atoms with van der Waals surface area (Å²) in [5.74, 6) is -0.0717. The van der Waals surface area contributed by atoms with Crippen LogP contribution in [0.15, 0.2) is 71.1 Å². The van der Waals surface area contributed by atoms with Crippen molar-refractivity contribution in [3.8, 4) is 17.1 Å². The molecule has 1 fully saturated rings. The zero-order valence-corrected chi connectivity index (χ0v) is 24.7. The Balaban J connectivity index is 1.12. The molecule has 0 N–H and O–H groups in total. The Hall–Kier alpha value is -4.87. The van der Waals surface area contributed by atoms with Gasteiger partial charge in [0.2, 0.25) is 5.88 Å². The maximum Gasteiger partial charge on any atom is 0.356 e. The van der Waals surface area contributed by atoms with E-state index in [9.17, 15) is 9.18 Å². The third-order valence-electron chi connectivity index (χ3n) is 7.72. The van der Waals surface area contributed by atoms with Gasteiger partial charge in [-0.3, -0.25) is 0 Å². The van der Waals surface area contributed by atoms with Crippen molar-refractivity contribution < 1.29 is 32.2 Å². The number of nitrogens with zero attached hydrogens (tertiary/aromatic N) is 4. The van der Waals surface area contributed by atoms with Gasteiger partial charge in [0.15, 0.2) is 11.3 Å². The molecule has 1 atom stereocenters. The fourth-order valence-corrected chi connectivity index (χ4v) is 5.49. The number of furan rings is 1. The molecule has 6 aromatic rings. The third kappa shape index (κ3) is 5.72. The summed E-state index contributed by atoms with van der Waals surface area (Å²) in [5.41, 5.74) is 3.68. The van der Waals surface area contributed by atoms with Crippen LogP contribution in [0.4, 0.5) is 8.78 Å². The summed E-state index contributed by atoms with van der Waals surface area (Å²) in [6, 6.07) is 17.2. The molecule has 1 saturated heterocycles. The number of hydrogen-bond donors (Lipinski definition) is 0. The lowest BCUT2D eigenvalue weighted by Crippen LogP contribution is -2.32. The highest BCUT2D eigenvalue weighted by atomic mass is 35.5. The van der Waals surface area contributed by atoms with Gasteiger partial charge in [0.05, 0.1) is 30.5 Å². The van der Waals surface area contributed by atoms with E-state index in [0.29, 0.717) is 74.4 Å². The van der Waals surface area contributed by atoms with Crippen molar-refractivity contribution in [1.82, 2.24) is 19.5 Å². The average molecular weight is 631 g/mol. The number of methoxy groups -OCH3 is 1. The Bertz CT molecular complexity index is 2070. The van der Waals surface area contributed by atoms with Crippen LogP contribution in [0.3, 0.4) is 0 Å². The van der Waals surface area contributed by atoms with Crippen LogP contribution in [0.5, 0.6) is 5.88 Å². The number of carbonyl (C=O) groups is 1. The van der Waals surface area contributed by atoms with Gasteiger partial charge in [-0.2, -0.15) is 4.39 Å². The van der Waals surface area contributed by atoms with Crippen LogP contribution < -0.4 is 4.74 Å². The Morgan fingerprint density at radius 3 is 2.67 bits per heavy atom. The molecule has 1 aliphatic heterocycles. The zero-order valence-electron chi connectivity index (χ0n) is 23.9. The lowest BCUT2D eigenvalue weighted by molar-refractivity contribution is -0.0590. The summed E-state index contributed by atoms with van der Waals surface area (Å²) < 4.78 is 52.7. The molecule has 0 saturated carbocycles. The number of hydrogen-bond acceptors (Lipinski definition) is 8. The van der Waals surface area contributed by atoms with E-state index in [1.54, 1.807) is 54.6 Å². The van der Waals surface area contributed by atoms with Gasteiger partial charge >= 0.3 is 5.97 Å². The van der Waals surface area contributed by atoms with E-state index < -0.39 is 17.8 Å². The summed E-state index contributed by atoms with van der Waals surface area (Å²) in [6.07, 6.45) is 1.08. The minimum atomic E-state index is -0.737. The first kappa shape index (κ1) is 28.9. The van der Waals surface area contributed by atoms with Gasteiger partial charge in [0.1, 0.15) is 29.3 Å². The minimum absolute atomic E-state index is 0.0107. The van der Waals surface area contributed by atoms with Crippen molar-refractivity contribution in [2.75, 3.05) is 13.7 Å². The SMILES string of the molecule is COC(=O)c1ccc2nc(Cc3ccc(-c4cccc(OCc5ccc(Cl)c6cc(F)oc56)n4)cc3F)n(C[C@@H]3CCO3)c2n1. The number of imidazole rings is 1. The lowest BCUT2D eigenvalue weighted by Gasteiger charge is -2.27. The largest absolute Gasteiger partial charge is 0.473 e. The molecule has 2 aromatic carbocycles. The van der Waals surface area contributed by atoms with E-state index in [-0.39, 0.29) is 24.8 Å². The lowest BCUT2D eigenvalue weighted by atomic mass is 10.1. The fourth-order valence-electron chi connectivity index (χ4n) is 5.28. The number of benzene rings is 2. The number of carbonyl (C=O) groups excluding carboxylic acids is 1. The number of halogens is 3. The van der Waals surface area contributed by atoms with E-state index in [1.165, 1.54) is 19.2 Å². The summed E-state index contributed by atoms with van der Waals surface area (Å²) in [7, 11) is 1.30. The van der Waals surface area contributed by atoms with Gasteiger partial charge in [-0.15, -0.1) is 0 Å². The molecule has 0 unspecified atom stereocenters. The van der Waals surface area contributed by atoms with Crippen LogP contribution in [0, 0.1) is 11.8 Å². The van der Waals surface area contributed by atoms with Gasteiger partial charge in [-0.05, 0) is 42.3 Å². The third-order valence-corrected chi connectivity index (χ3v) is 8.05. The van der Waals surface area contributed by atoms with Crippen molar-refractivity contribution >= 4 is 39.7 Å². The predicted molar refractivity (Wildman–Crippen MR) is 161 cm³/mol. The molecule has 4 aromatic heterocycles. The maximum atomic E-state index is 15.6. The fraction of sp³-hybridized carbons (Fsp3) is 0.212. The van der Waals surface area contributed by atoms with E-state index in [2.05, 4.69) is 9.97 Å². The smallest absolute Gasteiger partial charge is 0.356 e. The summed E-state index contributed by atoms with van der Waals surface area (Å²) in [4.78, 5) is 25.8. The Kier molecular flexibility index (Phi) is 7.64. The second-order valence-corrected chi connectivity index (χ2v) is 11.0. The van der Waals surface area contributed by atoms with E-state index in [0.717, 1.165) is 6.42 Å². The van der Waals surface area contributed by atoms with E-state index >= 15 is 4.39 Å². The zero-order chi connectivity index (χ0) is 31.1. The molecular weight excluding hydrogens is 606 g/mol. The molecule has 0 aliphatic carbocycles. The van der Waals surface area contributed by atoms with Crippen molar-refractivity contribution in [3.05, 3.63) is 106 Å². The van der Waals surface area contributed by atoms with E-state index in [4.69, 9.17) is 35.2 Å². The Labute approximate surface area is 260 Å². The van der Waals surface area contributed by atoms with Crippen LogP contribution in [0.25, 0.3) is 33.4 Å². The molecule has 0 bridgehead atoms. The molecule has 0 radical (unpaired) electrons. The number of fused-ring (bicyclic) bond motifs is 2. The summed E-state index contributed by atoms with van der Waals surface area (Å²) >= 11 is 6.15. The summed E-state index contributed by atoms with van der Waals surface area (Å²) in [6.45, 7) is 1.22. The summed E-state index contributed by atoms with van der Waals surface area (Å²) in [5, 5.41) is 0.836. The Morgan fingerprint density at radius 2 is 1.89 bits per heavy atom. The van der Waals surface area contributed by atoms with E-state index in [1.807, 2.05) is 4.57 Å². The number of ether oxygens (including phenoxy) is 3. The first-order valence-corrected chi connectivity index (χ1v) is 14.5. The molecule has 1 aliphatic rings. The number of pyridine rings is 2. The van der Waals surface area contributed by atoms with Gasteiger partial charge in [0.25, 0.3) is 6.01 Å². The second-order valence-electron chi connectivity index (χ2n) is 10.6. The average Bonchev–Trinajstić information content (AvgIpc) is 3.59. The van der Waals surface area contributed by atoms with Crippen LogP contribution in [-0.4, -0.2) is 45.3 Å². The van der Waals surface area contributed by atoms with Gasteiger partial charge in [-0.1, -0.05) is 35.9 Å². The van der Waals surface area contributed by atoms with Crippen molar-refractivity contribution in [3.63, 3.8) is 0 Å². The van der Waals surface area contributed by atoms with Crippen molar-refractivity contribution in [2.45, 2.75) is 32.1 Å². The van der Waals surface area contributed by atoms with Gasteiger partial charge in [-0.25, -0.2) is 24.1 Å². The van der Waals surface area contributed by atoms with Gasteiger partial charge in [0, 0.05) is 41.7 Å². The monoisotopic (exact) mass is 630 g/mol. The molecule has 0 spiro atoms. The highest BCUT2D eigenvalue weighted by Gasteiger charge is 2.24. The number of esters is 1. The second kappa shape index (κ2) is 11.9. The molecule has 228 valence electrons. The predicted octanol–water partition coefficient (Wildman–Crippen LogP) is 6.92. The normalized spacial score (nSPS) is 14.5. The standard InChI is InChI=1S/C33H25ClF2N4O5/c1-42-33(41)27-10-9-26-32(39-27)40(16-21-11-12-43-21)29(37-26)14-18-5-6-19(13-24(18)35)25-3-2-4-30(38-25)44-17-20-7-8-23(34)22-15-28(36)45-31(20)22/h2-10,13,15,21H,11-12,14,16-17H2,1H3/t21-/m0/s1. The molecule has 7 rings (SSSR count). The highest BCUT2D eigenvalue weighted by molar-refractivity contribution is 6.35. The Morgan fingerprint density at radius 1 is 1.04 bits per heavy atom. The van der Waals surface area contributed by atoms with Crippen molar-refractivity contribution in [1.29, 1.82) is 0 Å². The highest BCUT2D eigenvalue weighted by Crippen LogP contribution is 2.31. The first-order chi connectivity index (χ1) is 21.9. The molecule has 12 heteroatoms. The van der Waals surface area contributed by atoms with Crippen molar-refractivity contribution in [2.24, 2.45) is 0 Å². The molecule has 0 amide bonds. The topological polar surface area (TPSA) is 102 Å². The number of rotatable bonds is 9. The molecule has 5 heterocycles. The van der Waals surface area contributed by atoms with Crippen LogP contribution in [0.2, 0.25) is 5.02 Å². The van der Waals surface area contributed by atoms with Crippen LogP contribution in [0.1, 0.15) is 33.9 Å². The quantitative estimate of drug-likeness (QED) is 0.159. The first-order valence-electron chi connectivity index (χ1n) is 14.2. The number of aromatic nitrogens is 4. The van der Waals surface area contributed by atoms with Crippen LogP contribution >= 0.6 is 11.6 Å². The van der Waals surface area contributed by atoms with Crippen LogP contribution in [-0.2, 0) is 29.0 Å². The minimum Gasteiger partial charge on any atom is -0.473 e. The molecular formula is C33H25ClF2N4O5. The maximum absolute atomic E-state index is 15.6. The molecule has 45 heavy (non-hydrogen) atoms. The van der Waals surface area contributed by atoms with Gasteiger partial charge < -0.3 is 23.2 Å². The molecule has 9 nitrogen and oxygen atoms in total.